The van der Waals surface area contributed by atoms with Gasteiger partial charge >= 0.3 is 29.8 Å². The molecule has 266 valence electrons. The van der Waals surface area contributed by atoms with Crippen molar-refractivity contribution in [3.63, 3.8) is 0 Å². The summed E-state index contributed by atoms with van der Waals surface area (Å²) in [5.41, 5.74) is 1.63. The molecule has 0 aromatic heterocycles. The fraction of sp³-hybridized carbons (Fsp3) is 0.441. The van der Waals surface area contributed by atoms with Crippen LogP contribution in [-0.4, -0.2) is 87.4 Å². The minimum Gasteiger partial charge on any atom is -0.463 e. The van der Waals surface area contributed by atoms with E-state index < -0.39 is 73.1 Å². The van der Waals surface area contributed by atoms with Gasteiger partial charge in [-0.1, -0.05) is 6.07 Å². The van der Waals surface area contributed by atoms with E-state index >= 15 is 0 Å². The van der Waals surface area contributed by atoms with Gasteiger partial charge in [0.1, 0.15) is 18.5 Å². The van der Waals surface area contributed by atoms with Gasteiger partial charge < -0.3 is 52.1 Å². The summed E-state index contributed by atoms with van der Waals surface area (Å²) in [6, 6.07) is 8.54. The zero-order chi connectivity index (χ0) is 35.5. The van der Waals surface area contributed by atoms with Crippen LogP contribution in [0.1, 0.15) is 38.8 Å². The van der Waals surface area contributed by atoms with E-state index in [1.165, 1.54) is 6.92 Å². The lowest BCUT2D eigenvalue weighted by Gasteiger charge is -2.44. The van der Waals surface area contributed by atoms with Crippen LogP contribution in [0.5, 0.6) is 28.7 Å². The minimum atomic E-state index is -1.50. The molecule has 16 heteroatoms. The van der Waals surface area contributed by atoms with Gasteiger partial charge in [-0.25, -0.2) is 4.79 Å². The predicted molar refractivity (Wildman–Crippen MR) is 164 cm³/mol. The van der Waals surface area contributed by atoms with Crippen molar-refractivity contribution >= 4 is 35.9 Å². The first-order valence-electron chi connectivity index (χ1n) is 15.6. The molecule has 2 aromatic rings. The summed E-state index contributed by atoms with van der Waals surface area (Å²) in [6.07, 6.45) is -5.06. The summed E-state index contributed by atoms with van der Waals surface area (Å²) < 4.78 is 61.7. The van der Waals surface area contributed by atoms with Crippen molar-refractivity contribution in [2.75, 3.05) is 26.8 Å². The molecular formula is C34H34O16. The smallest absolute Gasteiger partial charge is 0.334 e. The first-order valence-corrected chi connectivity index (χ1v) is 15.6. The fourth-order valence-electron chi connectivity index (χ4n) is 5.95. The van der Waals surface area contributed by atoms with Gasteiger partial charge in [0.25, 0.3) is 0 Å². The Morgan fingerprint density at radius 3 is 2.04 bits per heavy atom. The van der Waals surface area contributed by atoms with Crippen LogP contribution in [0.3, 0.4) is 0 Å². The predicted octanol–water partition coefficient (Wildman–Crippen LogP) is 2.40. The molecule has 6 atom stereocenters. The van der Waals surface area contributed by atoms with Crippen LogP contribution in [0, 0.1) is 5.92 Å². The molecule has 4 aliphatic heterocycles. The highest BCUT2D eigenvalue weighted by atomic mass is 16.7. The number of fused-ring (bicyclic) bond motifs is 2. The molecule has 4 heterocycles. The van der Waals surface area contributed by atoms with Gasteiger partial charge in [-0.15, -0.1) is 0 Å². The van der Waals surface area contributed by atoms with E-state index in [1.807, 2.05) is 0 Å². The zero-order valence-electron chi connectivity index (χ0n) is 27.5. The molecular weight excluding hydrogens is 664 g/mol. The van der Waals surface area contributed by atoms with E-state index in [0.29, 0.717) is 39.7 Å². The number of carbonyl (C=O) groups is 5. The highest BCUT2D eigenvalue weighted by molar-refractivity contribution is 5.96. The maximum atomic E-state index is 12.9. The molecule has 4 aliphatic rings. The zero-order valence-corrected chi connectivity index (χ0v) is 27.5. The Kier molecular flexibility index (Phi) is 9.99. The Hall–Kier alpha value is -5.51. The van der Waals surface area contributed by atoms with E-state index in [9.17, 15) is 24.0 Å². The van der Waals surface area contributed by atoms with Crippen molar-refractivity contribution in [1.29, 1.82) is 0 Å². The molecule has 2 aromatic carbocycles. The van der Waals surface area contributed by atoms with Gasteiger partial charge in [-0.05, 0) is 41.8 Å². The van der Waals surface area contributed by atoms with Crippen LogP contribution < -0.4 is 23.7 Å². The molecule has 6 unspecified atom stereocenters. The molecule has 0 N–H and O–H groups in total. The lowest BCUT2D eigenvalue weighted by atomic mass is 9.92. The van der Waals surface area contributed by atoms with Gasteiger partial charge in [-0.2, -0.15) is 0 Å². The third-order valence-corrected chi connectivity index (χ3v) is 8.02. The lowest BCUT2D eigenvalue weighted by molar-refractivity contribution is -0.288. The van der Waals surface area contributed by atoms with Crippen LogP contribution >= 0.6 is 0 Å². The molecule has 0 amide bonds. The summed E-state index contributed by atoms with van der Waals surface area (Å²) >= 11 is 0. The average molecular weight is 699 g/mol. The number of benzene rings is 2. The lowest BCUT2D eigenvalue weighted by Crippen LogP contribution is -2.63. The molecule has 6 rings (SSSR count). The van der Waals surface area contributed by atoms with Gasteiger partial charge in [0.15, 0.2) is 35.2 Å². The molecule has 0 aliphatic carbocycles. The third-order valence-electron chi connectivity index (χ3n) is 8.02. The summed E-state index contributed by atoms with van der Waals surface area (Å²) in [6.45, 7) is 4.24. The second kappa shape index (κ2) is 14.5. The Morgan fingerprint density at radius 1 is 0.740 bits per heavy atom. The minimum absolute atomic E-state index is 0.0580. The fourth-order valence-corrected chi connectivity index (χ4v) is 5.95. The van der Waals surface area contributed by atoms with Crippen molar-refractivity contribution in [3.05, 3.63) is 47.0 Å². The second-order valence-corrected chi connectivity index (χ2v) is 11.7. The number of rotatable bonds is 10. The number of cyclic esters (lactones) is 1. The van der Waals surface area contributed by atoms with Crippen molar-refractivity contribution in [2.45, 2.75) is 64.8 Å². The topological polar surface area (TPSA) is 187 Å². The molecule has 0 radical (unpaired) electrons. The summed E-state index contributed by atoms with van der Waals surface area (Å²) in [7, 11) is 0. The second-order valence-electron chi connectivity index (χ2n) is 11.7. The maximum Gasteiger partial charge on any atom is 0.334 e. The number of hydrogen-bond donors (Lipinski definition) is 0. The van der Waals surface area contributed by atoms with Crippen LogP contribution in [-0.2, 0) is 58.8 Å². The molecule has 50 heavy (non-hydrogen) atoms. The molecule has 2 fully saturated rings. The Balaban J connectivity index is 1.34. The third kappa shape index (κ3) is 7.70. The van der Waals surface area contributed by atoms with Gasteiger partial charge in [0.2, 0.25) is 26.0 Å². The van der Waals surface area contributed by atoms with E-state index in [0.717, 1.165) is 20.8 Å². The van der Waals surface area contributed by atoms with E-state index in [4.69, 9.17) is 52.1 Å². The van der Waals surface area contributed by atoms with Crippen LogP contribution in [0.2, 0.25) is 0 Å². The highest BCUT2D eigenvalue weighted by Crippen LogP contribution is 2.42. The Morgan fingerprint density at radius 2 is 1.36 bits per heavy atom. The molecule has 0 bridgehead atoms. The standard InChI is InChI=1S/C34H34O16/c1-16(35)40-13-29-30(46-17(2)36)31(47-18(3)37)32(48-19(4)38)34(50-29)49-25-11-28-27(44-15-45-28)10-21(25)9-22-12-41-33(39)23(22)7-20-5-6-24-26(8-20)43-14-42-24/h5-8,10-11,22,29-32,34H,9,12-15H2,1-4H3. The Bertz CT molecular complexity index is 1710. The quantitative estimate of drug-likeness (QED) is 0.200. The Labute approximate surface area is 285 Å². The average Bonchev–Trinajstić information content (AvgIpc) is 3.79. The van der Waals surface area contributed by atoms with Crippen LogP contribution in [0.25, 0.3) is 6.08 Å². The number of esters is 5. The molecule has 2 saturated heterocycles. The number of carbonyl (C=O) groups excluding carboxylic acids is 5. The summed E-state index contributed by atoms with van der Waals surface area (Å²) in [5, 5.41) is 0. The van der Waals surface area contributed by atoms with E-state index in [-0.39, 0.29) is 32.4 Å². The van der Waals surface area contributed by atoms with E-state index in [2.05, 4.69) is 0 Å². The van der Waals surface area contributed by atoms with Crippen molar-refractivity contribution in [1.82, 2.24) is 0 Å². The summed E-state index contributed by atoms with van der Waals surface area (Å²) in [5.74, 6) is -1.83. The van der Waals surface area contributed by atoms with Crippen LogP contribution in [0.15, 0.2) is 35.9 Å². The first-order chi connectivity index (χ1) is 23.9. The van der Waals surface area contributed by atoms with Gasteiger partial charge in [-0.3, -0.25) is 19.2 Å². The first kappa shape index (κ1) is 34.4. The highest BCUT2D eigenvalue weighted by Gasteiger charge is 2.53. The van der Waals surface area contributed by atoms with E-state index in [1.54, 1.807) is 36.4 Å². The molecule has 16 nitrogen and oxygen atoms in total. The van der Waals surface area contributed by atoms with Gasteiger partial charge in [0, 0.05) is 45.3 Å². The van der Waals surface area contributed by atoms with Crippen molar-refractivity contribution in [2.24, 2.45) is 5.92 Å². The SMILES string of the molecule is CC(=O)OCC1OC(Oc2cc3c(cc2CC2COC(=O)C2=Cc2ccc4c(c2)OCO4)OCO3)C(OC(C)=O)C(OC(C)=O)C1OC(C)=O. The molecule has 0 saturated carbocycles. The van der Waals surface area contributed by atoms with Crippen molar-refractivity contribution in [3.8, 4) is 28.7 Å². The normalized spacial score (nSPS) is 25.4. The number of hydrogen-bond acceptors (Lipinski definition) is 16. The maximum absolute atomic E-state index is 12.9. The van der Waals surface area contributed by atoms with Crippen molar-refractivity contribution < 1.29 is 76.1 Å². The van der Waals surface area contributed by atoms with Crippen LogP contribution in [0.4, 0.5) is 0 Å². The molecule has 0 spiro atoms. The monoisotopic (exact) mass is 698 g/mol. The number of ether oxygens (including phenoxy) is 11. The summed E-state index contributed by atoms with van der Waals surface area (Å²) in [4.78, 5) is 61.4. The van der Waals surface area contributed by atoms with Gasteiger partial charge in [0.05, 0.1) is 6.61 Å². The largest absolute Gasteiger partial charge is 0.463 e.